The number of fused-ring (bicyclic) bond motifs is 1. The van der Waals surface area contributed by atoms with Crippen molar-refractivity contribution in [2.45, 2.75) is 13.0 Å². The minimum absolute atomic E-state index is 0.0714. The van der Waals surface area contributed by atoms with Crippen molar-refractivity contribution in [2.75, 3.05) is 18.4 Å². The highest BCUT2D eigenvalue weighted by molar-refractivity contribution is 7.10. The average Bonchev–Trinajstić information content (AvgIpc) is 2.91. The van der Waals surface area contributed by atoms with E-state index in [4.69, 9.17) is 23.2 Å². The number of thiophene rings is 1. The van der Waals surface area contributed by atoms with Crippen LogP contribution in [-0.4, -0.2) is 23.9 Å². The largest absolute Gasteiger partial charge is 0.324 e. The molecule has 0 aliphatic carbocycles. The summed E-state index contributed by atoms with van der Waals surface area (Å²) < 4.78 is 0. The van der Waals surface area contributed by atoms with Gasteiger partial charge >= 0.3 is 0 Å². The van der Waals surface area contributed by atoms with Crippen molar-refractivity contribution in [1.29, 1.82) is 0 Å². The fraction of sp³-hybridized carbons (Fsp3) is 0.267. The number of hydrogen-bond acceptors (Lipinski definition) is 3. The SMILES string of the molecule is O=C(CN1CCc2sccc2C1)Nc1cccc(Cl)c1Cl. The fourth-order valence-corrected chi connectivity index (χ4v) is 3.67. The van der Waals surface area contributed by atoms with Crippen LogP contribution in [0.3, 0.4) is 0 Å². The predicted octanol–water partition coefficient (Wildman–Crippen LogP) is 4.05. The van der Waals surface area contributed by atoms with Crippen LogP contribution in [0.15, 0.2) is 29.6 Å². The number of anilines is 1. The summed E-state index contributed by atoms with van der Waals surface area (Å²) in [5.74, 6) is -0.0714. The van der Waals surface area contributed by atoms with Crippen LogP contribution in [-0.2, 0) is 17.8 Å². The van der Waals surface area contributed by atoms with E-state index in [-0.39, 0.29) is 5.91 Å². The molecular formula is C15H14Cl2N2OS. The molecule has 0 unspecified atom stereocenters. The first kappa shape index (κ1) is 14.9. The lowest BCUT2D eigenvalue weighted by molar-refractivity contribution is -0.117. The molecule has 1 aromatic heterocycles. The van der Waals surface area contributed by atoms with E-state index in [1.807, 2.05) is 0 Å². The summed E-state index contributed by atoms with van der Waals surface area (Å²) in [6.07, 6.45) is 1.01. The van der Waals surface area contributed by atoms with Crippen molar-refractivity contribution in [3.8, 4) is 0 Å². The van der Waals surface area contributed by atoms with Crippen molar-refractivity contribution >= 4 is 46.1 Å². The third-order valence-electron chi connectivity index (χ3n) is 3.48. The molecule has 2 heterocycles. The molecule has 0 saturated carbocycles. The first-order valence-electron chi connectivity index (χ1n) is 6.65. The van der Waals surface area contributed by atoms with E-state index in [2.05, 4.69) is 21.7 Å². The quantitative estimate of drug-likeness (QED) is 0.913. The monoisotopic (exact) mass is 340 g/mol. The molecule has 2 aromatic rings. The van der Waals surface area contributed by atoms with Crippen LogP contribution >= 0.6 is 34.5 Å². The second kappa shape index (κ2) is 6.36. The second-order valence-electron chi connectivity index (χ2n) is 4.98. The minimum Gasteiger partial charge on any atom is -0.324 e. The van der Waals surface area contributed by atoms with Crippen molar-refractivity contribution in [2.24, 2.45) is 0 Å². The van der Waals surface area contributed by atoms with Gasteiger partial charge in [-0.3, -0.25) is 9.69 Å². The highest BCUT2D eigenvalue weighted by Crippen LogP contribution is 2.29. The number of nitrogens with one attached hydrogen (secondary N) is 1. The van der Waals surface area contributed by atoms with E-state index in [0.717, 1.165) is 19.5 Å². The lowest BCUT2D eigenvalue weighted by Crippen LogP contribution is -2.36. The van der Waals surface area contributed by atoms with Gasteiger partial charge in [-0.1, -0.05) is 29.3 Å². The molecule has 1 amide bonds. The summed E-state index contributed by atoms with van der Waals surface area (Å²) in [4.78, 5) is 15.7. The van der Waals surface area contributed by atoms with Gasteiger partial charge in [0.2, 0.25) is 5.91 Å². The summed E-state index contributed by atoms with van der Waals surface area (Å²) in [5, 5.41) is 5.75. The molecule has 0 atom stereocenters. The number of carbonyl (C=O) groups is 1. The maximum Gasteiger partial charge on any atom is 0.238 e. The lowest BCUT2D eigenvalue weighted by Gasteiger charge is -2.26. The van der Waals surface area contributed by atoms with Crippen LogP contribution < -0.4 is 5.32 Å². The Hall–Kier alpha value is -1.07. The maximum absolute atomic E-state index is 12.1. The molecule has 0 bridgehead atoms. The van der Waals surface area contributed by atoms with Gasteiger partial charge in [-0.15, -0.1) is 11.3 Å². The zero-order valence-corrected chi connectivity index (χ0v) is 13.6. The summed E-state index contributed by atoms with van der Waals surface area (Å²) in [5.41, 5.74) is 1.89. The van der Waals surface area contributed by atoms with E-state index < -0.39 is 0 Å². The molecule has 1 aliphatic heterocycles. The number of benzene rings is 1. The van der Waals surface area contributed by atoms with E-state index in [9.17, 15) is 4.79 Å². The van der Waals surface area contributed by atoms with Gasteiger partial charge in [0.1, 0.15) is 0 Å². The van der Waals surface area contributed by atoms with Gasteiger partial charge in [0.05, 0.1) is 22.3 Å². The van der Waals surface area contributed by atoms with Crippen LogP contribution in [0.1, 0.15) is 10.4 Å². The number of carbonyl (C=O) groups excluding carboxylic acids is 1. The number of amides is 1. The van der Waals surface area contributed by atoms with Crippen molar-refractivity contribution < 1.29 is 4.79 Å². The molecule has 3 nitrogen and oxygen atoms in total. The van der Waals surface area contributed by atoms with Gasteiger partial charge in [0.25, 0.3) is 0 Å². The third-order valence-corrected chi connectivity index (χ3v) is 5.32. The Labute approximate surface area is 137 Å². The van der Waals surface area contributed by atoms with Gasteiger partial charge in [0.15, 0.2) is 0 Å². The topological polar surface area (TPSA) is 32.3 Å². The van der Waals surface area contributed by atoms with Gasteiger partial charge in [-0.2, -0.15) is 0 Å². The van der Waals surface area contributed by atoms with Crippen LogP contribution in [0, 0.1) is 0 Å². The Balaban J connectivity index is 1.61. The van der Waals surface area contributed by atoms with Crippen LogP contribution in [0.2, 0.25) is 10.0 Å². The first-order valence-corrected chi connectivity index (χ1v) is 8.28. The van der Waals surface area contributed by atoms with Gasteiger partial charge in [0, 0.05) is 18.0 Å². The highest BCUT2D eigenvalue weighted by atomic mass is 35.5. The lowest BCUT2D eigenvalue weighted by atomic mass is 10.1. The van der Waals surface area contributed by atoms with Crippen molar-refractivity contribution in [3.05, 3.63) is 50.1 Å². The molecule has 21 heavy (non-hydrogen) atoms. The zero-order valence-electron chi connectivity index (χ0n) is 11.2. The Morgan fingerprint density at radius 3 is 3.05 bits per heavy atom. The molecule has 1 aliphatic rings. The molecular weight excluding hydrogens is 327 g/mol. The predicted molar refractivity (Wildman–Crippen MR) is 88.4 cm³/mol. The molecule has 0 radical (unpaired) electrons. The molecule has 0 fully saturated rings. The summed E-state index contributed by atoms with van der Waals surface area (Å²) in [6.45, 7) is 2.10. The van der Waals surface area contributed by atoms with Gasteiger partial charge in [-0.25, -0.2) is 0 Å². The number of hydrogen-bond donors (Lipinski definition) is 1. The van der Waals surface area contributed by atoms with Crippen molar-refractivity contribution in [3.63, 3.8) is 0 Å². The molecule has 6 heteroatoms. The molecule has 110 valence electrons. The Morgan fingerprint density at radius 2 is 2.19 bits per heavy atom. The third kappa shape index (κ3) is 3.40. The van der Waals surface area contributed by atoms with E-state index in [0.29, 0.717) is 22.3 Å². The molecule has 1 aromatic carbocycles. The first-order chi connectivity index (χ1) is 10.1. The average molecular weight is 341 g/mol. The van der Waals surface area contributed by atoms with E-state index >= 15 is 0 Å². The number of rotatable bonds is 3. The molecule has 1 N–H and O–H groups in total. The van der Waals surface area contributed by atoms with Crippen LogP contribution in [0.5, 0.6) is 0 Å². The molecule has 0 saturated heterocycles. The second-order valence-corrected chi connectivity index (χ2v) is 6.77. The maximum atomic E-state index is 12.1. The molecule has 3 rings (SSSR count). The summed E-state index contributed by atoms with van der Waals surface area (Å²) >= 11 is 13.8. The van der Waals surface area contributed by atoms with E-state index in [1.54, 1.807) is 29.5 Å². The van der Waals surface area contributed by atoms with Crippen LogP contribution in [0.4, 0.5) is 5.69 Å². The smallest absolute Gasteiger partial charge is 0.238 e. The van der Waals surface area contributed by atoms with Gasteiger partial charge in [-0.05, 0) is 35.6 Å². The highest BCUT2D eigenvalue weighted by Gasteiger charge is 2.19. The fourth-order valence-electron chi connectivity index (χ4n) is 2.44. The standard InChI is InChI=1S/C15H14Cl2N2OS/c16-11-2-1-3-12(15(11)17)18-14(20)9-19-6-4-13-10(8-19)5-7-21-13/h1-3,5,7H,4,6,8-9H2,(H,18,20). The van der Waals surface area contributed by atoms with Crippen LogP contribution in [0.25, 0.3) is 0 Å². The number of nitrogens with zero attached hydrogens (tertiary/aromatic N) is 1. The van der Waals surface area contributed by atoms with Gasteiger partial charge < -0.3 is 5.32 Å². The Bertz CT molecular complexity index is 671. The van der Waals surface area contributed by atoms with Crippen molar-refractivity contribution in [1.82, 2.24) is 4.90 Å². The summed E-state index contributed by atoms with van der Waals surface area (Å²) in [7, 11) is 0. The minimum atomic E-state index is -0.0714. The van der Waals surface area contributed by atoms with E-state index in [1.165, 1.54) is 10.4 Å². The zero-order chi connectivity index (χ0) is 14.8. The Morgan fingerprint density at radius 1 is 1.33 bits per heavy atom. The Kier molecular flexibility index (Phi) is 4.50. The summed E-state index contributed by atoms with van der Waals surface area (Å²) in [6, 6.07) is 7.35. The molecule has 0 spiro atoms. The number of halogens is 2. The normalized spacial score (nSPS) is 14.8.